The van der Waals surface area contributed by atoms with Gasteiger partial charge in [0.2, 0.25) is 0 Å². The number of nitrogens with one attached hydrogen (secondary N) is 2. The molecular formula is C18H23N7O. The average Bonchev–Trinajstić information content (AvgIpc) is 3.16. The molecule has 0 atom stereocenters. The Bertz CT molecular complexity index is 950. The van der Waals surface area contributed by atoms with E-state index in [1.54, 1.807) is 18.1 Å². The Hall–Kier alpha value is -2.90. The summed E-state index contributed by atoms with van der Waals surface area (Å²) in [4.78, 5) is 26.9. The van der Waals surface area contributed by atoms with Crippen LogP contribution in [0, 0.1) is 13.8 Å². The third-order valence-electron chi connectivity index (χ3n) is 4.90. The SMILES string of the molecule is Cc1cc(C(=O)NC2CCN(c3ncnc4cc(C)[nH]c34)CC2)n(C)n1. The Balaban J connectivity index is 1.42. The lowest BCUT2D eigenvalue weighted by molar-refractivity contribution is 0.0921. The molecule has 0 aliphatic carbocycles. The minimum Gasteiger partial charge on any atom is -0.355 e. The summed E-state index contributed by atoms with van der Waals surface area (Å²) in [6, 6.07) is 4.01. The summed E-state index contributed by atoms with van der Waals surface area (Å²) < 4.78 is 1.63. The van der Waals surface area contributed by atoms with E-state index in [9.17, 15) is 4.79 Å². The van der Waals surface area contributed by atoms with E-state index in [1.807, 2.05) is 26.0 Å². The van der Waals surface area contributed by atoms with Crippen molar-refractivity contribution >= 4 is 22.8 Å². The molecule has 4 heterocycles. The van der Waals surface area contributed by atoms with Crippen LogP contribution in [0.25, 0.3) is 11.0 Å². The van der Waals surface area contributed by atoms with Gasteiger partial charge in [0, 0.05) is 31.9 Å². The Kier molecular flexibility index (Phi) is 4.10. The summed E-state index contributed by atoms with van der Waals surface area (Å²) in [5, 5.41) is 7.37. The Labute approximate surface area is 151 Å². The van der Waals surface area contributed by atoms with Crippen LogP contribution in [0.4, 0.5) is 5.82 Å². The zero-order valence-electron chi connectivity index (χ0n) is 15.3. The molecule has 26 heavy (non-hydrogen) atoms. The standard InChI is InChI=1S/C18H23N7O/c1-11-8-14-16(21-11)17(20-10-19-14)25-6-4-13(5-7-25)22-18(26)15-9-12(2)23-24(15)3/h8-10,13,21H,4-7H2,1-3H3,(H,22,26). The highest BCUT2D eigenvalue weighted by Gasteiger charge is 2.24. The zero-order valence-corrected chi connectivity index (χ0v) is 15.3. The van der Waals surface area contributed by atoms with Gasteiger partial charge in [0.1, 0.15) is 17.5 Å². The van der Waals surface area contributed by atoms with Crippen LogP contribution in [0.3, 0.4) is 0 Å². The maximum Gasteiger partial charge on any atom is 0.269 e. The predicted octanol–water partition coefficient (Wildman–Crippen LogP) is 1.71. The van der Waals surface area contributed by atoms with Crippen LogP contribution < -0.4 is 10.2 Å². The van der Waals surface area contributed by atoms with Gasteiger partial charge in [0.05, 0.1) is 11.2 Å². The molecule has 1 amide bonds. The number of hydrogen-bond acceptors (Lipinski definition) is 5. The molecule has 136 valence electrons. The largest absolute Gasteiger partial charge is 0.355 e. The van der Waals surface area contributed by atoms with Crippen LogP contribution in [0.2, 0.25) is 0 Å². The van der Waals surface area contributed by atoms with E-state index >= 15 is 0 Å². The minimum absolute atomic E-state index is 0.0593. The molecule has 0 bridgehead atoms. The van der Waals surface area contributed by atoms with Crippen molar-refractivity contribution in [2.75, 3.05) is 18.0 Å². The summed E-state index contributed by atoms with van der Waals surface area (Å²) in [5.74, 6) is 0.881. The van der Waals surface area contributed by atoms with Crippen molar-refractivity contribution in [2.24, 2.45) is 7.05 Å². The lowest BCUT2D eigenvalue weighted by Gasteiger charge is -2.33. The average molecular weight is 353 g/mol. The van der Waals surface area contributed by atoms with Crippen molar-refractivity contribution in [1.29, 1.82) is 0 Å². The van der Waals surface area contributed by atoms with E-state index in [0.29, 0.717) is 5.69 Å². The van der Waals surface area contributed by atoms with Gasteiger partial charge in [-0.3, -0.25) is 9.48 Å². The van der Waals surface area contributed by atoms with Crippen molar-refractivity contribution in [2.45, 2.75) is 32.7 Å². The minimum atomic E-state index is -0.0593. The van der Waals surface area contributed by atoms with Crippen LogP contribution >= 0.6 is 0 Å². The second kappa shape index (κ2) is 6.44. The highest BCUT2D eigenvalue weighted by Crippen LogP contribution is 2.25. The molecule has 3 aromatic heterocycles. The van der Waals surface area contributed by atoms with E-state index in [4.69, 9.17) is 0 Å². The van der Waals surface area contributed by atoms with Gasteiger partial charge in [0.15, 0.2) is 5.82 Å². The Morgan fingerprint density at radius 1 is 1.23 bits per heavy atom. The van der Waals surface area contributed by atoms with Crippen LogP contribution in [0.15, 0.2) is 18.5 Å². The number of fused-ring (bicyclic) bond motifs is 1. The number of aryl methyl sites for hydroxylation is 3. The number of hydrogen-bond donors (Lipinski definition) is 2. The molecule has 1 aliphatic rings. The maximum atomic E-state index is 12.5. The number of amides is 1. The maximum absolute atomic E-state index is 12.5. The number of rotatable bonds is 3. The van der Waals surface area contributed by atoms with Crippen LogP contribution in [0.1, 0.15) is 34.7 Å². The first-order chi connectivity index (χ1) is 12.5. The summed E-state index contributed by atoms with van der Waals surface area (Å²) in [7, 11) is 1.79. The molecule has 2 N–H and O–H groups in total. The Morgan fingerprint density at radius 3 is 2.69 bits per heavy atom. The van der Waals surface area contributed by atoms with E-state index < -0.39 is 0 Å². The first kappa shape index (κ1) is 16.6. The smallest absolute Gasteiger partial charge is 0.269 e. The van der Waals surface area contributed by atoms with Crippen molar-refractivity contribution in [3.05, 3.63) is 35.5 Å². The van der Waals surface area contributed by atoms with Gasteiger partial charge in [-0.15, -0.1) is 0 Å². The van der Waals surface area contributed by atoms with Crippen molar-refractivity contribution < 1.29 is 4.79 Å². The predicted molar refractivity (Wildman–Crippen MR) is 99.3 cm³/mol. The summed E-state index contributed by atoms with van der Waals surface area (Å²) >= 11 is 0. The number of carbonyl (C=O) groups excluding carboxylic acids is 1. The fourth-order valence-electron chi connectivity index (χ4n) is 3.61. The van der Waals surface area contributed by atoms with E-state index in [0.717, 1.165) is 54.2 Å². The molecule has 0 spiro atoms. The Morgan fingerprint density at radius 2 is 2.00 bits per heavy atom. The fourth-order valence-corrected chi connectivity index (χ4v) is 3.61. The van der Waals surface area contributed by atoms with Gasteiger partial charge in [-0.2, -0.15) is 5.10 Å². The zero-order chi connectivity index (χ0) is 18.3. The third kappa shape index (κ3) is 3.02. The van der Waals surface area contributed by atoms with Gasteiger partial charge >= 0.3 is 0 Å². The summed E-state index contributed by atoms with van der Waals surface area (Å²) in [5.41, 5.74) is 4.45. The number of piperidine rings is 1. The number of nitrogens with zero attached hydrogens (tertiary/aromatic N) is 5. The lowest BCUT2D eigenvalue weighted by Crippen LogP contribution is -2.45. The van der Waals surface area contributed by atoms with Crippen molar-refractivity contribution in [3.63, 3.8) is 0 Å². The monoisotopic (exact) mass is 353 g/mol. The quantitative estimate of drug-likeness (QED) is 0.748. The van der Waals surface area contributed by atoms with E-state index in [2.05, 4.69) is 30.3 Å². The number of aromatic nitrogens is 5. The summed E-state index contributed by atoms with van der Waals surface area (Å²) in [6.07, 6.45) is 3.38. The fraction of sp³-hybridized carbons (Fsp3) is 0.444. The molecular weight excluding hydrogens is 330 g/mol. The summed E-state index contributed by atoms with van der Waals surface area (Å²) in [6.45, 7) is 5.60. The lowest BCUT2D eigenvalue weighted by atomic mass is 10.0. The van der Waals surface area contributed by atoms with Crippen LogP contribution in [-0.2, 0) is 7.05 Å². The number of anilines is 1. The molecule has 0 unspecified atom stereocenters. The highest BCUT2D eigenvalue weighted by molar-refractivity contribution is 5.93. The van der Waals surface area contributed by atoms with Gasteiger partial charge < -0.3 is 15.2 Å². The van der Waals surface area contributed by atoms with Crippen molar-refractivity contribution in [3.8, 4) is 0 Å². The van der Waals surface area contributed by atoms with Crippen LogP contribution in [0.5, 0.6) is 0 Å². The van der Waals surface area contributed by atoms with E-state index in [-0.39, 0.29) is 11.9 Å². The molecule has 0 radical (unpaired) electrons. The molecule has 1 fully saturated rings. The second-order valence-corrected chi connectivity index (χ2v) is 6.94. The van der Waals surface area contributed by atoms with Crippen LogP contribution in [-0.4, -0.2) is 49.8 Å². The van der Waals surface area contributed by atoms with Gasteiger partial charge in [0.25, 0.3) is 5.91 Å². The molecule has 0 aromatic carbocycles. The molecule has 1 saturated heterocycles. The molecule has 4 rings (SSSR count). The molecule has 8 heteroatoms. The van der Waals surface area contributed by atoms with Gasteiger partial charge in [-0.05, 0) is 38.8 Å². The normalized spacial score (nSPS) is 15.6. The number of H-pyrrole nitrogens is 1. The first-order valence-electron chi connectivity index (χ1n) is 8.88. The first-order valence-corrected chi connectivity index (χ1v) is 8.88. The van der Waals surface area contributed by atoms with Gasteiger partial charge in [-0.25, -0.2) is 9.97 Å². The topological polar surface area (TPSA) is 91.7 Å². The molecule has 8 nitrogen and oxygen atoms in total. The third-order valence-corrected chi connectivity index (χ3v) is 4.90. The number of aromatic amines is 1. The number of carbonyl (C=O) groups is 1. The van der Waals surface area contributed by atoms with Crippen molar-refractivity contribution in [1.82, 2.24) is 30.0 Å². The van der Waals surface area contributed by atoms with Gasteiger partial charge in [-0.1, -0.05) is 0 Å². The molecule has 3 aromatic rings. The second-order valence-electron chi connectivity index (χ2n) is 6.94. The highest BCUT2D eigenvalue weighted by atomic mass is 16.2. The molecule has 1 aliphatic heterocycles. The molecule has 0 saturated carbocycles. The van der Waals surface area contributed by atoms with E-state index in [1.165, 1.54) is 0 Å².